The molecule has 0 aliphatic carbocycles. The van der Waals surface area contributed by atoms with Crippen LogP contribution >= 0.6 is 0 Å². The molecule has 0 radical (unpaired) electrons. The minimum atomic E-state index is -0.105. The van der Waals surface area contributed by atoms with Crippen molar-refractivity contribution in [2.24, 2.45) is 0 Å². The average molecular weight is 215 g/mol. The molecule has 0 bridgehead atoms. The van der Waals surface area contributed by atoms with Crippen LogP contribution in [0.1, 0.15) is 46.5 Å². The molecule has 1 aliphatic rings. The minimum absolute atomic E-state index is 0.105. The first kappa shape index (κ1) is 12.9. The van der Waals surface area contributed by atoms with Crippen molar-refractivity contribution >= 4 is 0 Å². The molecule has 0 aromatic rings. The van der Waals surface area contributed by atoms with E-state index >= 15 is 0 Å². The van der Waals surface area contributed by atoms with Gasteiger partial charge in [-0.15, -0.1) is 0 Å². The summed E-state index contributed by atoms with van der Waals surface area (Å²) < 4.78 is 5.71. The molecule has 1 aliphatic heterocycles. The molecule has 0 aromatic carbocycles. The second-order valence-corrected chi connectivity index (χ2v) is 4.97. The molecule has 90 valence electrons. The Bertz CT molecular complexity index is 182. The van der Waals surface area contributed by atoms with Crippen LogP contribution in [0.3, 0.4) is 0 Å². The fourth-order valence-corrected chi connectivity index (χ4v) is 2.46. The van der Waals surface area contributed by atoms with Crippen molar-refractivity contribution < 1.29 is 9.84 Å². The molecule has 1 fully saturated rings. The van der Waals surface area contributed by atoms with Gasteiger partial charge in [-0.3, -0.25) is 0 Å². The van der Waals surface area contributed by atoms with Crippen molar-refractivity contribution in [2.75, 3.05) is 13.2 Å². The number of rotatable bonds is 5. The van der Waals surface area contributed by atoms with E-state index in [4.69, 9.17) is 4.74 Å². The summed E-state index contributed by atoms with van der Waals surface area (Å²) >= 11 is 0. The van der Waals surface area contributed by atoms with Crippen molar-refractivity contribution in [3.8, 4) is 0 Å². The second-order valence-electron chi connectivity index (χ2n) is 4.97. The largest absolute Gasteiger partial charge is 0.394 e. The van der Waals surface area contributed by atoms with Crippen LogP contribution in [0, 0.1) is 0 Å². The van der Waals surface area contributed by atoms with Gasteiger partial charge in [-0.2, -0.15) is 0 Å². The summed E-state index contributed by atoms with van der Waals surface area (Å²) in [6, 6.07) is 0.414. The number of hydrogen-bond donors (Lipinski definition) is 2. The molecule has 1 saturated heterocycles. The van der Waals surface area contributed by atoms with Crippen molar-refractivity contribution in [2.45, 2.75) is 64.1 Å². The van der Waals surface area contributed by atoms with E-state index in [0.717, 1.165) is 32.3 Å². The van der Waals surface area contributed by atoms with Gasteiger partial charge < -0.3 is 15.2 Å². The van der Waals surface area contributed by atoms with Gasteiger partial charge in [0, 0.05) is 18.2 Å². The number of hydrogen-bond acceptors (Lipinski definition) is 3. The Hall–Kier alpha value is -0.120. The third kappa shape index (κ3) is 3.74. The van der Waals surface area contributed by atoms with E-state index in [1.807, 2.05) is 0 Å². The lowest BCUT2D eigenvalue weighted by Crippen LogP contribution is -2.56. The lowest BCUT2D eigenvalue weighted by atomic mass is 9.85. The van der Waals surface area contributed by atoms with Crippen LogP contribution in [0.15, 0.2) is 0 Å². The van der Waals surface area contributed by atoms with Crippen LogP contribution in [0.4, 0.5) is 0 Å². The van der Waals surface area contributed by atoms with E-state index in [-0.39, 0.29) is 12.1 Å². The zero-order chi connectivity index (χ0) is 11.3. The first-order valence-corrected chi connectivity index (χ1v) is 6.12. The van der Waals surface area contributed by atoms with E-state index in [1.54, 1.807) is 0 Å². The molecular formula is C12H25NO2. The van der Waals surface area contributed by atoms with Crippen molar-refractivity contribution in [1.29, 1.82) is 0 Å². The topological polar surface area (TPSA) is 41.5 Å². The van der Waals surface area contributed by atoms with E-state index in [2.05, 4.69) is 26.1 Å². The molecule has 2 unspecified atom stereocenters. The van der Waals surface area contributed by atoms with Crippen LogP contribution in [0.25, 0.3) is 0 Å². The normalized spacial score (nSPS) is 32.2. The van der Waals surface area contributed by atoms with Crippen molar-refractivity contribution in [1.82, 2.24) is 5.32 Å². The molecule has 2 N–H and O–H groups in total. The zero-order valence-electron chi connectivity index (χ0n) is 10.3. The minimum Gasteiger partial charge on any atom is -0.394 e. The first-order chi connectivity index (χ1) is 7.12. The van der Waals surface area contributed by atoms with Crippen LogP contribution in [0.2, 0.25) is 0 Å². The van der Waals surface area contributed by atoms with Crippen LogP contribution < -0.4 is 5.32 Å². The fourth-order valence-electron chi connectivity index (χ4n) is 2.46. The predicted molar refractivity (Wildman–Crippen MR) is 62.0 cm³/mol. The Balaban J connectivity index is 2.55. The van der Waals surface area contributed by atoms with Gasteiger partial charge in [0.2, 0.25) is 0 Å². The van der Waals surface area contributed by atoms with Crippen LogP contribution in [-0.4, -0.2) is 36.0 Å². The van der Waals surface area contributed by atoms with E-state index in [9.17, 15) is 5.11 Å². The van der Waals surface area contributed by atoms with Gasteiger partial charge in [0.25, 0.3) is 0 Å². The quantitative estimate of drug-likeness (QED) is 0.733. The van der Waals surface area contributed by atoms with Gasteiger partial charge in [0.1, 0.15) is 0 Å². The third-order valence-corrected chi connectivity index (χ3v) is 3.06. The molecule has 0 amide bonds. The highest BCUT2D eigenvalue weighted by atomic mass is 16.5. The zero-order valence-corrected chi connectivity index (χ0v) is 10.3. The number of nitrogens with one attached hydrogen (secondary N) is 1. The van der Waals surface area contributed by atoms with Gasteiger partial charge in [-0.05, 0) is 19.3 Å². The molecule has 2 atom stereocenters. The lowest BCUT2D eigenvalue weighted by molar-refractivity contribution is -0.0504. The Morgan fingerprint density at radius 1 is 1.53 bits per heavy atom. The van der Waals surface area contributed by atoms with Crippen molar-refractivity contribution in [3.05, 3.63) is 0 Å². The summed E-state index contributed by atoms with van der Waals surface area (Å²) in [6.07, 6.45) is 4.43. The smallest absolute Gasteiger partial charge is 0.0615 e. The summed E-state index contributed by atoms with van der Waals surface area (Å²) in [4.78, 5) is 0. The third-order valence-electron chi connectivity index (χ3n) is 3.06. The summed E-state index contributed by atoms with van der Waals surface area (Å²) in [7, 11) is 0. The Kier molecular flexibility index (Phi) is 5.03. The monoisotopic (exact) mass is 215 g/mol. The molecular weight excluding hydrogens is 190 g/mol. The summed E-state index contributed by atoms with van der Waals surface area (Å²) in [5.41, 5.74) is -0.105. The van der Waals surface area contributed by atoms with Gasteiger partial charge in [-0.1, -0.05) is 27.2 Å². The van der Waals surface area contributed by atoms with Gasteiger partial charge in [0.15, 0.2) is 0 Å². The van der Waals surface area contributed by atoms with E-state index < -0.39 is 0 Å². The standard InChI is InChI=1S/C12H25NO2/c1-4-5-11-8-12(9-14,6-7-15-11)13-10(2)3/h10-11,13-14H,4-9H2,1-3H3. The van der Waals surface area contributed by atoms with Gasteiger partial charge in [0.05, 0.1) is 12.7 Å². The molecule has 15 heavy (non-hydrogen) atoms. The van der Waals surface area contributed by atoms with E-state index in [0.29, 0.717) is 12.1 Å². The molecule has 1 heterocycles. The summed E-state index contributed by atoms with van der Waals surface area (Å²) in [5, 5.41) is 13.1. The maximum atomic E-state index is 9.56. The lowest BCUT2D eigenvalue weighted by Gasteiger charge is -2.41. The van der Waals surface area contributed by atoms with Crippen LogP contribution in [0.5, 0.6) is 0 Å². The molecule has 0 aromatic heterocycles. The SMILES string of the molecule is CCCC1CC(CO)(NC(C)C)CCO1. The Morgan fingerprint density at radius 3 is 2.80 bits per heavy atom. The van der Waals surface area contributed by atoms with Crippen molar-refractivity contribution in [3.63, 3.8) is 0 Å². The molecule has 1 rings (SSSR count). The second kappa shape index (κ2) is 5.83. The van der Waals surface area contributed by atoms with Crippen LogP contribution in [-0.2, 0) is 4.74 Å². The Morgan fingerprint density at radius 2 is 2.27 bits per heavy atom. The highest BCUT2D eigenvalue weighted by Gasteiger charge is 2.36. The highest BCUT2D eigenvalue weighted by Crippen LogP contribution is 2.27. The molecule has 0 spiro atoms. The van der Waals surface area contributed by atoms with E-state index in [1.165, 1.54) is 0 Å². The summed E-state index contributed by atoms with van der Waals surface area (Å²) in [5.74, 6) is 0. The molecule has 3 nitrogen and oxygen atoms in total. The number of ether oxygens (including phenoxy) is 1. The van der Waals surface area contributed by atoms with Gasteiger partial charge >= 0.3 is 0 Å². The predicted octanol–water partition coefficient (Wildman–Crippen LogP) is 1.69. The Labute approximate surface area is 93.2 Å². The number of aliphatic hydroxyl groups excluding tert-OH is 1. The highest BCUT2D eigenvalue weighted by molar-refractivity contribution is 4.93. The van der Waals surface area contributed by atoms with Gasteiger partial charge in [-0.25, -0.2) is 0 Å². The maximum absolute atomic E-state index is 9.56. The fraction of sp³-hybridized carbons (Fsp3) is 1.00. The average Bonchev–Trinajstić information content (AvgIpc) is 2.18. The number of aliphatic hydroxyl groups is 1. The molecule has 3 heteroatoms. The molecule has 0 saturated carbocycles. The maximum Gasteiger partial charge on any atom is 0.0615 e. The summed E-state index contributed by atoms with van der Waals surface area (Å²) in [6.45, 7) is 7.41. The first-order valence-electron chi connectivity index (χ1n) is 6.12.